The summed E-state index contributed by atoms with van der Waals surface area (Å²) in [5.74, 6) is 0.752. The number of nitrogens with zero attached hydrogens (tertiary/aromatic N) is 4. The fraction of sp³-hybridized carbons (Fsp3) is 0.538. The molecule has 0 unspecified atom stereocenters. The third-order valence-electron chi connectivity index (χ3n) is 3.66. The van der Waals surface area contributed by atoms with Gasteiger partial charge in [-0.2, -0.15) is 5.10 Å². The molecule has 1 fully saturated rings. The lowest BCUT2D eigenvalue weighted by Gasteiger charge is -2.31. The molecule has 0 bridgehead atoms. The van der Waals surface area contributed by atoms with E-state index in [0.29, 0.717) is 5.13 Å². The van der Waals surface area contributed by atoms with E-state index in [4.69, 9.17) is 5.73 Å². The summed E-state index contributed by atoms with van der Waals surface area (Å²) in [5.41, 5.74) is 5.66. The van der Waals surface area contributed by atoms with Crippen molar-refractivity contribution < 1.29 is 0 Å². The van der Waals surface area contributed by atoms with Gasteiger partial charge < -0.3 is 5.73 Å². The van der Waals surface area contributed by atoms with Crippen LogP contribution in [-0.4, -0.2) is 32.8 Å². The van der Waals surface area contributed by atoms with Crippen molar-refractivity contribution in [2.75, 3.05) is 18.8 Å². The first kappa shape index (κ1) is 12.6. The number of likely N-dealkylation sites (tertiary alicyclic amines) is 1. The maximum Gasteiger partial charge on any atom is 0.180 e. The maximum atomic E-state index is 5.66. The highest BCUT2D eigenvalue weighted by Gasteiger charge is 2.20. The highest BCUT2D eigenvalue weighted by Crippen LogP contribution is 2.22. The van der Waals surface area contributed by atoms with Crippen molar-refractivity contribution in [3.63, 3.8) is 0 Å². The molecule has 3 heterocycles. The highest BCUT2D eigenvalue weighted by molar-refractivity contribution is 7.15. The standard InChI is InChI=1S/C13H19N5S/c14-13-15-8-12(19-13)10-17-6-2-11(3-7-17)9-18-5-1-4-16-18/h1,4-5,8,11H,2-3,6-7,9-10H2,(H2,14,15). The molecule has 2 aromatic rings. The Hall–Kier alpha value is -1.40. The summed E-state index contributed by atoms with van der Waals surface area (Å²) in [6, 6.07) is 1.99. The number of aromatic nitrogens is 3. The van der Waals surface area contributed by atoms with Gasteiger partial charge in [-0.1, -0.05) is 0 Å². The van der Waals surface area contributed by atoms with Gasteiger partial charge in [0.05, 0.1) is 0 Å². The van der Waals surface area contributed by atoms with Gasteiger partial charge in [-0.05, 0) is 37.9 Å². The average molecular weight is 277 g/mol. The molecule has 3 rings (SSSR count). The van der Waals surface area contributed by atoms with E-state index in [1.54, 1.807) is 11.3 Å². The zero-order chi connectivity index (χ0) is 13.1. The SMILES string of the molecule is Nc1ncc(CN2CCC(Cn3cccn3)CC2)s1. The normalized spacial score (nSPS) is 17.9. The molecule has 0 aromatic carbocycles. The molecule has 19 heavy (non-hydrogen) atoms. The van der Waals surface area contributed by atoms with Gasteiger partial charge in [0.1, 0.15) is 0 Å². The predicted molar refractivity (Wildman–Crippen MR) is 76.8 cm³/mol. The van der Waals surface area contributed by atoms with Crippen molar-refractivity contribution in [1.82, 2.24) is 19.7 Å². The van der Waals surface area contributed by atoms with Crippen LogP contribution in [0.1, 0.15) is 17.7 Å². The van der Waals surface area contributed by atoms with Gasteiger partial charge in [-0.3, -0.25) is 9.58 Å². The summed E-state index contributed by atoms with van der Waals surface area (Å²) < 4.78 is 2.05. The number of rotatable bonds is 4. The molecule has 2 aromatic heterocycles. The molecule has 102 valence electrons. The molecule has 0 saturated carbocycles. The number of nitrogen functional groups attached to an aromatic ring is 1. The van der Waals surface area contributed by atoms with Gasteiger partial charge in [-0.25, -0.2) is 4.98 Å². The van der Waals surface area contributed by atoms with Crippen LogP contribution in [-0.2, 0) is 13.1 Å². The first-order valence-electron chi connectivity index (χ1n) is 6.69. The Balaban J connectivity index is 1.46. The molecule has 0 spiro atoms. The van der Waals surface area contributed by atoms with Crippen LogP contribution in [0.4, 0.5) is 5.13 Å². The lowest BCUT2D eigenvalue weighted by atomic mass is 9.97. The fourth-order valence-electron chi connectivity index (χ4n) is 2.62. The van der Waals surface area contributed by atoms with Crippen LogP contribution >= 0.6 is 11.3 Å². The molecular weight excluding hydrogens is 258 g/mol. The maximum absolute atomic E-state index is 5.66. The fourth-order valence-corrected chi connectivity index (χ4v) is 3.34. The van der Waals surface area contributed by atoms with Crippen molar-refractivity contribution in [2.45, 2.75) is 25.9 Å². The van der Waals surface area contributed by atoms with E-state index in [0.717, 1.165) is 32.1 Å². The van der Waals surface area contributed by atoms with E-state index in [9.17, 15) is 0 Å². The summed E-state index contributed by atoms with van der Waals surface area (Å²) in [4.78, 5) is 7.86. The Morgan fingerprint density at radius 1 is 1.37 bits per heavy atom. The van der Waals surface area contributed by atoms with Gasteiger partial charge in [0.2, 0.25) is 0 Å². The minimum atomic E-state index is 0.670. The van der Waals surface area contributed by atoms with Crippen LogP contribution in [0.15, 0.2) is 24.7 Å². The largest absolute Gasteiger partial charge is 0.375 e. The van der Waals surface area contributed by atoms with E-state index >= 15 is 0 Å². The van der Waals surface area contributed by atoms with E-state index < -0.39 is 0 Å². The average Bonchev–Trinajstić information content (AvgIpc) is 3.04. The molecule has 1 aliphatic rings. The number of anilines is 1. The van der Waals surface area contributed by atoms with Gasteiger partial charge in [-0.15, -0.1) is 11.3 Å². The van der Waals surface area contributed by atoms with E-state index in [1.165, 1.54) is 17.7 Å². The summed E-state index contributed by atoms with van der Waals surface area (Å²) >= 11 is 1.60. The van der Waals surface area contributed by atoms with Gasteiger partial charge in [0, 0.05) is 36.6 Å². The molecule has 0 amide bonds. The Labute approximate surface area is 117 Å². The van der Waals surface area contributed by atoms with Crippen LogP contribution in [0.2, 0.25) is 0 Å². The highest BCUT2D eigenvalue weighted by atomic mass is 32.1. The predicted octanol–water partition coefficient (Wildman–Crippen LogP) is 1.83. The van der Waals surface area contributed by atoms with Crippen molar-refractivity contribution in [1.29, 1.82) is 0 Å². The number of hydrogen-bond donors (Lipinski definition) is 1. The second kappa shape index (κ2) is 5.71. The van der Waals surface area contributed by atoms with Crippen molar-refractivity contribution >= 4 is 16.5 Å². The van der Waals surface area contributed by atoms with Crippen molar-refractivity contribution in [3.8, 4) is 0 Å². The van der Waals surface area contributed by atoms with Crippen LogP contribution in [0.5, 0.6) is 0 Å². The number of nitrogens with two attached hydrogens (primary N) is 1. The summed E-state index contributed by atoms with van der Waals surface area (Å²) in [6.45, 7) is 4.35. The van der Waals surface area contributed by atoms with Crippen LogP contribution in [0.25, 0.3) is 0 Å². The number of thiazole rings is 1. The third kappa shape index (κ3) is 3.33. The van der Waals surface area contributed by atoms with E-state index in [2.05, 4.69) is 15.0 Å². The number of hydrogen-bond acceptors (Lipinski definition) is 5. The van der Waals surface area contributed by atoms with Crippen molar-refractivity contribution in [3.05, 3.63) is 29.5 Å². The minimum Gasteiger partial charge on any atom is -0.375 e. The lowest BCUT2D eigenvalue weighted by Crippen LogP contribution is -2.34. The van der Waals surface area contributed by atoms with Crippen LogP contribution in [0, 0.1) is 5.92 Å². The zero-order valence-electron chi connectivity index (χ0n) is 10.9. The molecule has 0 atom stereocenters. The zero-order valence-corrected chi connectivity index (χ0v) is 11.7. The quantitative estimate of drug-likeness (QED) is 0.926. The Morgan fingerprint density at radius 2 is 2.21 bits per heavy atom. The van der Waals surface area contributed by atoms with Gasteiger partial charge in [0.25, 0.3) is 0 Å². The molecule has 6 heteroatoms. The first-order chi connectivity index (χ1) is 9.29. The van der Waals surface area contributed by atoms with Gasteiger partial charge in [0.15, 0.2) is 5.13 Å². The summed E-state index contributed by atoms with van der Waals surface area (Å²) in [6.07, 6.45) is 8.29. The first-order valence-corrected chi connectivity index (χ1v) is 7.51. The molecule has 1 saturated heterocycles. The monoisotopic (exact) mass is 277 g/mol. The Kier molecular flexibility index (Phi) is 3.79. The van der Waals surface area contributed by atoms with Crippen molar-refractivity contribution in [2.24, 2.45) is 5.92 Å². The molecule has 1 aliphatic heterocycles. The summed E-state index contributed by atoms with van der Waals surface area (Å²) in [5, 5.41) is 4.95. The van der Waals surface area contributed by atoms with E-state index in [-0.39, 0.29) is 0 Å². The van der Waals surface area contributed by atoms with Crippen LogP contribution < -0.4 is 5.73 Å². The van der Waals surface area contributed by atoms with Crippen LogP contribution in [0.3, 0.4) is 0 Å². The molecule has 2 N–H and O–H groups in total. The molecular formula is C13H19N5S. The molecule has 5 nitrogen and oxygen atoms in total. The Morgan fingerprint density at radius 3 is 2.84 bits per heavy atom. The second-order valence-corrected chi connectivity index (χ2v) is 6.26. The summed E-state index contributed by atoms with van der Waals surface area (Å²) in [7, 11) is 0. The lowest BCUT2D eigenvalue weighted by molar-refractivity contribution is 0.166. The second-order valence-electron chi connectivity index (χ2n) is 5.11. The minimum absolute atomic E-state index is 0.670. The Bertz CT molecular complexity index is 499. The molecule has 0 aliphatic carbocycles. The number of piperidine rings is 1. The van der Waals surface area contributed by atoms with E-state index in [1.807, 2.05) is 29.3 Å². The topological polar surface area (TPSA) is 60.0 Å². The van der Waals surface area contributed by atoms with Gasteiger partial charge >= 0.3 is 0 Å². The smallest absolute Gasteiger partial charge is 0.180 e. The molecule has 0 radical (unpaired) electrons. The third-order valence-corrected chi connectivity index (χ3v) is 4.47.